The molecule has 0 unspecified atom stereocenters. The molecule has 1 aromatic heterocycles. The number of aryl methyl sites for hydroxylation is 1. The van der Waals surface area contributed by atoms with E-state index in [0.29, 0.717) is 34.4 Å². The van der Waals surface area contributed by atoms with E-state index in [2.05, 4.69) is 5.32 Å². The number of sulfonamides is 1. The highest BCUT2D eigenvalue weighted by atomic mass is 32.2. The van der Waals surface area contributed by atoms with E-state index in [4.69, 9.17) is 13.9 Å². The summed E-state index contributed by atoms with van der Waals surface area (Å²) in [6, 6.07) is 16.0. The first-order valence-corrected chi connectivity index (χ1v) is 14.1. The minimum Gasteiger partial charge on any atom is -0.454 e. The molecule has 3 aromatic carbocycles. The number of para-hydroxylation sites is 1. The van der Waals surface area contributed by atoms with Crippen LogP contribution in [-0.2, 0) is 16.4 Å². The van der Waals surface area contributed by atoms with Crippen molar-refractivity contribution in [3.63, 3.8) is 0 Å². The zero-order chi connectivity index (χ0) is 28.2. The van der Waals surface area contributed by atoms with Gasteiger partial charge in [0.25, 0.3) is 0 Å². The van der Waals surface area contributed by atoms with E-state index >= 15 is 0 Å². The molecule has 0 spiro atoms. The maximum atomic E-state index is 14.0. The summed E-state index contributed by atoms with van der Waals surface area (Å²) in [5, 5.41) is 12.4. The number of ether oxygens (including phenoxy) is 2. The summed E-state index contributed by atoms with van der Waals surface area (Å²) in [5.74, 6) is 0.354. The number of benzene rings is 3. The van der Waals surface area contributed by atoms with Crippen LogP contribution in [0.4, 0.5) is 14.9 Å². The quantitative estimate of drug-likeness (QED) is 0.266. The summed E-state index contributed by atoms with van der Waals surface area (Å²) >= 11 is 0. The third-order valence-corrected chi connectivity index (χ3v) is 7.09. The standard InChI is InChI=1S/C28H29FN2O7S/c1-4-7-19-16-21-25(17-23(19)31(14-15-32)39(3,34)35)37-26(27(21)38-28(33)30-2)18-10-12-20(13-11-18)36-24-9-6-5-8-22(24)29/h5-6,8-13,16-17,32H,4,7,14-15H2,1-3H3,(H,30,33). The van der Waals surface area contributed by atoms with Gasteiger partial charge in [-0.1, -0.05) is 25.5 Å². The van der Waals surface area contributed by atoms with E-state index in [9.17, 15) is 22.7 Å². The van der Waals surface area contributed by atoms with Gasteiger partial charge in [0.05, 0.1) is 30.5 Å². The SMILES string of the molecule is CCCc1cc2c(OC(=O)NC)c(-c3ccc(Oc4ccccc4F)cc3)oc2cc1N(CCO)S(C)(=O)=O. The molecular weight excluding hydrogens is 527 g/mol. The molecule has 4 aromatic rings. The average molecular weight is 557 g/mol. The monoisotopic (exact) mass is 556 g/mol. The normalized spacial score (nSPS) is 11.4. The number of fused-ring (bicyclic) bond motifs is 1. The van der Waals surface area contributed by atoms with Crippen LogP contribution in [-0.4, -0.2) is 46.1 Å². The Hall–Kier alpha value is -4.09. The van der Waals surface area contributed by atoms with Gasteiger partial charge in [-0.05, 0) is 54.4 Å². The molecule has 0 saturated heterocycles. The Balaban J connectivity index is 1.84. The molecule has 0 bridgehead atoms. The van der Waals surface area contributed by atoms with Crippen molar-refractivity contribution in [2.45, 2.75) is 19.8 Å². The van der Waals surface area contributed by atoms with Crippen molar-refractivity contribution in [1.82, 2.24) is 5.32 Å². The van der Waals surface area contributed by atoms with Gasteiger partial charge in [-0.2, -0.15) is 0 Å². The molecule has 206 valence electrons. The van der Waals surface area contributed by atoms with Gasteiger partial charge < -0.3 is 24.3 Å². The third-order valence-electron chi connectivity index (χ3n) is 5.92. The Morgan fingerprint density at radius 1 is 1.13 bits per heavy atom. The second-order valence-corrected chi connectivity index (χ2v) is 10.6. The summed E-state index contributed by atoms with van der Waals surface area (Å²) in [5.41, 5.74) is 1.89. The Labute approximate surface area is 225 Å². The van der Waals surface area contributed by atoms with Crippen LogP contribution in [0.3, 0.4) is 0 Å². The topological polar surface area (TPSA) is 118 Å². The lowest BCUT2D eigenvalue weighted by Gasteiger charge is -2.24. The number of aliphatic hydroxyl groups excluding tert-OH is 1. The van der Waals surface area contributed by atoms with Gasteiger partial charge in [0.1, 0.15) is 11.3 Å². The fraction of sp³-hybridized carbons (Fsp3) is 0.250. The van der Waals surface area contributed by atoms with E-state index in [1.807, 2.05) is 6.92 Å². The van der Waals surface area contributed by atoms with E-state index in [-0.39, 0.29) is 36.0 Å². The highest BCUT2D eigenvalue weighted by Gasteiger charge is 2.26. The molecular formula is C28H29FN2O7S. The Morgan fingerprint density at radius 3 is 2.46 bits per heavy atom. The van der Waals surface area contributed by atoms with Gasteiger partial charge in [0.15, 0.2) is 23.1 Å². The van der Waals surface area contributed by atoms with Crippen molar-refractivity contribution < 1.29 is 36.6 Å². The number of carbonyl (C=O) groups is 1. The first-order valence-electron chi connectivity index (χ1n) is 12.3. The van der Waals surface area contributed by atoms with Crippen molar-refractivity contribution in [2.75, 3.05) is 30.8 Å². The first-order chi connectivity index (χ1) is 18.7. The van der Waals surface area contributed by atoms with Gasteiger partial charge in [0.2, 0.25) is 10.0 Å². The zero-order valence-corrected chi connectivity index (χ0v) is 22.5. The molecule has 0 aliphatic rings. The second-order valence-electron chi connectivity index (χ2n) is 8.74. The first kappa shape index (κ1) is 27.9. The molecule has 0 saturated carbocycles. The van der Waals surface area contributed by atoms with E-state index in [0.717, 1.165) is 17.0 Å². The van der Waals surface area contributed by atoms with Gasteiger partial charge in [-0.25, -0.2) is 17.6 Å². The molecule has 0 atom stereocenters. The lowest BCUT2D eigenvalue weighted by atomic mass is 10.0. The molecule has 4 rings (SSSR count). The summed E-state index contributed by atoms with van der Waals surface area (Å²) < 4.78 is 57.6. The number of carbonyl (C=O) groups excluding carboxylic acids is 1. The fourth-order valence-electron chi connectivity index (χ4n) is 4.18. The second kappa shape index (κ2) is 11.7. The lowest BCUT2D eigenvalue weighted by molar-refractivity contribution is 0.203. The third kappa shape index (κ3) is 6.15. The highest BCUT2D eigenvalue weighted by Crippen LogP contribution is 2.43. The number of halogens is 1. The molecule has 2 N–H and O–H groups in total. The van der Waals surface area contributed by atoms with Crippen molar-refractivity contribution in [3.05, 3.63) is 72.0 Å². The van der Waals surface area contributed by atoms with Crippen LogP contribution in [0.5, 0.6) is 17.2 Å². The number of nitrogens with zero attached hydrogens (tertiary/aromatic N) is 1. The average Bonchev–Trinajstić information content (AvgIpc) is 3.25. The lowest BCUT2D eigenvalue weighted by Crippen LogP contribution is -2.33. The van der Waals surface area contributed by atoms with Crippen molar-refractivity contribution >= 4 is 32.8 Å². The minimum atomic E-state index is -3.71. The molecule has 1 heterocycles. The number of aliphatic hydroxyl groups is 1. The number of nitrogens with one attached hydrogen (secondary N) is 1. The van der Waals surface area contributed by atoms with E-state index < -0.39 is 21.9 Å². The molecule has 11 heteroatoms. The summed E-state index contributed by atoms with van der Waals surface area (Å²) in [4.78, 5) is 12.3. The largest absolute Gasteiger partial charge is 0.454 e. The number of anilines is 1. The van der Waals surface area contributed by atoms with Crippen LogP contribution in [0.2, 0.25) is 0 Å². The Morgan fingerprint density at radius 2 is 1.85 bits per heavy atom. The Kier molecular flexibility index (Phi) is 8.41. The van der Waals surface area contributed by atoms with Crippen molar-refractivity contribution in [2.24, 2.45) is 0 Å². The van der Waals surface area contributed by atoms with Crippen LogP contribution >= 0.6 is 0 Å². The van der Waals surface area contributed by atoms with Gasteiger partial charge in [0, 0.05) is 18.7 Å². The molecule has 39 heavy (non-hydrogen) atoms. The smallest absolute Gasteiger partial charge is 0.412 e. The van der Waals surface area contributed by atoms with Crippen LogP contribution in [0.1, 0.15) is 18.9 Å². The Bertz CT molecular complexity index is 1580. The maximum absolute atomic E-state index is 14.0. The zero-order valence-electron chi connectivity index (χ0n) is 21.7. The van der Waals surface area contributed by atoms with Crippen LogP contribution in [0, 0.1) is 5.82 Å². The van der Waals surface area contributed by atoms with Crippen LogP contribution in [0.15, 0.2) is 65.1 Å². The van der Waals surface area contributed by atoms with Crippen LogP contribution in [0.25, 0.3) is 22.3 Å². The van der Waals surface area contributed by atoms with Crippen molar-refractivity contribution in [1.29, 1.82) is 0 Å². The fourth-order valence-corrected chi connectivity index (χ4v) is 5.12. The number of amides is 1. The molecule has 0 radical (unpaired) electrons. The maximum Gasteiger partial charge on any atom is 0.412 e. The highest BCUT2D eigenvalue weighted by molar-refractivity contribution is 7.92. The molecule has 0 fully saturated rings. The minimum absolute atomic E-state index is 0.0759. The summed E-state index contributed by atoms with van der Waals surface area (Å²) in [6.45, 7) is 1.46. The molecule has 9 nitrogen and oxygen atoms in total. The molecule has 0 aliphatic carbocycles. The number of hydrogen-bond acceptors (Lipinski definition) is 7. The number of rotatable bonds is 10. The van der Waals surface area contributed by atoms with Crippen LogP contribution < -0.4 is 19.1 Å². The van der Waals surface area contributed by atoms with E-state index in [1.54, 1.807) is 48.5 Å². The summed E-state index contributed by atoms with van der Waals surface area (Å²) in [6.07, 6.45) is 1.61. The van der Waals surface area contributed by atoms with Crippen molar-refractivity contribution in [3.8, 4) is 28.6 Å². The van der Waals surface area contributed by atoms with Gasteiger partial charge in [-0.3, -0.25) is 4.31 Å². The van der Waals surface area contributed by atoms with Gasteiger partial charge in [-0.15, -0.1) is 0 Å². The predicted octanol–water partition coefficient (Wildman–Crippen LogP) is 5.46. The number of hydrogen-bond donors (Lipinski definition) is 2. The predicted molar refractivity (Wildman–Crippen MR) is 146 cm³/mol. The van der Waals surface area contributed by atoms with Gasteiger partial charge >= 0.3 is 6.09 Å². The summed E-state index contributed by atoms with van der Waals surface area (Å²) in [7, 11) is -2.28. The number of furan rings is 1. The van der Waals surface area contributed by atoms with E-state index in [1.165, 1.54) is 19.2 Å². The molecule has 1 amide bonds. The molecule has 0 aliphatic heterocycles.